The van der Waals surface area contributed by atoms with Crippen molar-refractivity contribution in [3.63, 3.8) is 0 Å². The van der Waals surface area contributed by atoms with Crippen molar-refractivity contribution < 1.29 is 9.32 Å². The molecule has 2 aliphatic rings. The maximum atomic E-state index is 13.4. The molecular formula is C22H29N7O2. The van der Waals surface area contributed by atoms with Crippen molar-refractivity contribution in [1.29, 1.82) is 0 Å². The summed E-state index contributed by atoms with van der Waals surface area (Å²) in [6, 6.07) is 1.67. The maximum absolute atomic E-state index is 13.4. The monoisotopic (exact) mass is 423 g/mol. The minimum Gasteiger partial charge on any atom is -0.339 e. The van der Waals surface area contributed by atoms with Crippen LogP contribution >= 0.6 is 0 Å². The number of aryl methyl sites for hydroxylation is 1. The second-order valence-electron chi connectivity index (χ2n) is 9.02. The molecule has 2 aliphatic carbocycles. The van der Waals surface area contributed by atoms with Gasteiger partial charge in [-0.05, 0) is 44.6 Å². The average molecular weight is 424 g/mol. The van der Waals surface area contributed by atoms with Crippen LogP contribution < -0.4 is 5.32 Å². The van der Waals surface area contributed by atoms with Crippen LogP contribution in [0.5, 0.6) is 0 Å². The summed E-state index contributed by atoms with van der Waals surface area (Å²) in [7, 11) is 0. The first-order valence-corrected chi connectivity index (χ1v) is 11.5. The van der Waals surface area contributed by atoms with Gasteiger partial charge in [-0.1, -0.05) is 43.7 Å². The van der Waals surface area contributed by atoms with Crippen molar-refractivity contribution in [2.45, 2.75) is 83.1 Å². The number of hydrogen-bond acceptors (Lipinski definition) is 7. The summed E-state index contributed by atoms with van der Waals surface area (Å²) >= 11 is 0. The highest BCUT2D eigenvalue weighted by atomic mass is 16.5. The molecule has 0 atom stereocenters. The van der Waals surface area contributed by atoms with Crippen LogP contribution in [-0.4, -0.2) is 35.6 Å². The second kappa shape index (κ2) is 8.36. The summed E-state index contributed by atoms with van der Waals surface area (Å²) < 4.78 is 7.15. The molecule has 9 nitrogen and oxygen atoms in total. The molecule has 0 bridgehead atoms. The van der Waals surface area contributed by atoms with E-state index in [1.165, 1.54) is 30.2 Å². The van der Waals surface area contributed by atoms with Crippen LogP contribution in [-0.2, 0) is 12.0 Å². The number of nitrogens with zero attached hydrogens (tertiary/aromatic N) is 6. The molecule has 3 heterocycles. The standard InChI is InChI=1S/C22H29N7O2/c1-15-24-21-23-13-10-17(29(21)27-15)19(30)26-22(11-6-2-3-7-12-22)20-25-18(31-28-20)14-16-8-4-5-9-16/h10,13,16H,2-9,11-12,14H2,1H3,(H,26,30). The van der Waals surface area contributed by atoms with Crippen molar-refractivity contribution >= 4 is 11.7 Å². The van der Waals surface area contributed by atoms with E-state index in [0.29, 0.717) is 34.9 Å². The van der Waals surface area contributed by atoms with Crippen LogP contribution in [0, 0.1) is 12.8 Å². The van der Waals surface area contributed by atoms with Gasteiger partial charge in [-0.15, -0.1) is 5.10 Å². The molecule has 2 fully saturated rings. The van der Waals surface area contributed by atoms with Gasteiger partial charge in [-0.2, -0.15) is 14.5 Å². The van der Waals surface area contributed by atoms with Crippen molar-refractivity contribution in [3.8, 4) is 0 Å². The lowest BCUT2D eigenvalue weighted by molar-refractivity contribution is 0.0868. The summed E-state index contributed by atoms with van der Waals surface area (Å²) in [4.78, 5) is 26.7. The van der Waals surface area contributed by atoms with Gasteiger partial charge in [0.15, 0.2) is 5.82 Å². The Bertz CT molecular complexity index is 1060. The molecule has 3 aromatic rings. The van der Waals surface area contributed by atoms with Gasteiger partial charge in [-0.25, -0.2) is 4.98 Å². The number of aromatic nitrogens is 6. The number of fused-ring (bicyclic) bond motifs is 1. The molecular weight excluding hydrogens is 394 g/mol. The SMILES string of the molecule is Cc1nc2nccc(C(=O)NC3(c4noc(CC5CCCC5)n4)CCCCCC3)n2n1. The largest absolute Gasteiger partial charge is 0.339 e. The molecule has 0 aliphatic heterocycles. The van der Waals surface area contributed by atoms with Gasteiger partial charge in [0.25, 0.3) is 11.7 Å². The van der Waals surface area contributed by atoms with Gasteiger partial charge < -0.3 is 9.84 Å². The first kappa shape index (κ1) is 20.1. The lowest BCUT2D eigenvalue weighted by Crippen LogP contribution is -2.47. The predicted molar refractivity (Wildman–Crippen MR) is 112 cm³/mol. The molecule has 0 radical (unpaired) electrons. The molecule has 9 heteroatoms. The van der Waals surface area contributed by atoms with Gasteiger partial charge in [-0.3, -0.25) is 4.79 Å². The van der Waals surface area contributed by atoms with Crippen molar-refractivity contribution in [2.24, 2.45) is 5.92 Å². The normalized spacial score (nSPS) is 19.5. The highest BCUT2D eigenvalue weighted by Gasteiger charge is 2.40. The summed E-state index contributed by atoms with van der Waals surface area (Å²) in [6.07, 6.45) is 13.4. The summed E-state index contributed by atoms with van der Waals surface area (Å²) in [5.74, 6) is 2.70. The topological polar surface area (TPSA) is 111 Å². The fourth-order valence-corrected chi connectivity index (χ4v) is 5.08. The Morgan fingerprint density at radius 2 is 1.94 bits per heavy atom. The Hall–Kier alpha value is -2.84. The molecule has 2 saturated carbocycles. The van der Waals surface area contributed by atoms with E-state index in [2.05, 4.69) is 25.5 Å². The molecule has 0 saturated heterocycles. The Morgan fingerprint density at radius 3 is 2.71 bits per heavy atom. The van der Waals surface area contributed by atoms with E-state index in [1.54, 1.807) is 19.2 Å². The van der Waals surface area contributed by atoms with Crippen LogP contribution in [0.25, 0.3) is 5.78 Å². The van der Waals surface area contributed by atoms with Crippen molar-refractivity contribution in [1.82, 2.24) is 35.0 Å². The van der Waals surface area contributed by atoms with Gasteiger partial charge in [0, 0.05) is 12.6 Å². The Labute approximate surface area is 181 Å². The molecule has 0 unspecified atom stereocenters. The molecule has 0 aromatic carbocycles. The van der Waals surface area contributed by atoms with Gasteiger partial charge >= 0.3 is 0 Å². The molecule has 31 heavy (non-hydrogen) atoms. The Kier molecular flexibility index (Phi) is 5.41. The Morgan fingerprint density at radius 1 is 1.16 bits per heavy atom. The van der Waals surface area contributed by atoms with E-state index < -0.39 is 5.54 Å². The molecule has 1 amide bonds. The van der Waals surface area contributed by atoms with Crippen LogP contribution in [0.15, 0.2) is 16.8 Å². The number of hydrogen-bond donors (Lipinski definition) is 1. The van der Waals surface area contributed by atoms with Gasteiger partial charge in [0.1, 0.15) is 17.1 Å². The van der Waals surface area contributed by atoms with Crippen molar-refractivity contribution in [2.75, 3.05) is 0 Å². The fourth-order valence-electron chi connectivity index (χ4n) is 5.08. The minimum atomic E-state index is -0.629. The number of amides is 1. The molecule has 0 spiro atoms. The number of rotatable bonds is 5. The lowest BCUT2D eigenvalue weighted by atomic mass is 9.89. The van der Waals surface area contributed by atoms with Crippen LogP contribution in [0.3, 0.4) is 0 Å². The van der Waals surface area contributed by atoms with Crippen LogP contribution in [0.4, 0.5) is 0 Å². The third-order valence-electron chi connectivity index (χ3n) is 6.72. The van der Waals surface area contributed by atoms with E-state index in [1.807, 2.05) is 0 Å². The fraction of sp³-hybridized carbons (Fsp3) is 0.636. The van der Waals surface area contributed by atoms with Gasteiger partial charge in [0.2, 0.25) is 5.89 Å². The lowest BCUT2D eigenvalue weighted by Gasteiger charge is -2.30. The zero-order valence-electron chi connectivity index (χ0n) is 18.0. The van der Waals surface area contributed by atoms with E-state index in [4.69, 9.17) is 9.51 Å². The average Bonchev–Trinajstić information content (AvgIpc) is 3.48. The molecule has 5 rings (SSSR count). The molecule has 1 N–H and O–H groups in total. The first-order valence-electron chi connectivity index (χ1n) is 11.5. The van der Waals surface area contributed by atoms with E-state index in [9.17, 15) is 4.79 Å². The van der Waals surface area contributed by atoms with E-state index >= 15 is 0 Å². The zero-order chi connectivity index (χ0) is 21.3. The van der Waals surface area contributed by atoms with Crippen LogP contribution in [0.2, 0.25) is 0 Å². The summed E-state index contributed by atoms with van der Waals surface area (Å²) in [6.45, 7) is 1.79. The third kappa shape index (κ3) is 4.05. The minimum absolute atomic E-state index is 0.221. The quantitative estimate of drug-likeness (QED) is 0.625. The van der Waals surface area contributed by atoms with Crippen LogP contribution in [0.1, 0.15) is 92.2 Å². The summed E-state index contributed by atoms with van der Waals surface area (Å²) in [5, 5.41) is 12.0. The van der Waals surface area contributed by atoms with E-state index in [0.717, 1.165) is 44.9 Å². The second-order valence-corrected chi connectivity index (χ2v) is 9.02. The highest BCUT2D eigenvalue weighted by molar-refractivity contribution is 5.93. The number of nitrogens with one attached hydrogen (secondary N) is 1. The third-order valence-corrected chi connectivity index (χ3v) is 6.72. The smallest absolute Gasteiger partial charge is 0.270 e. The zero-order valence-corrected chi connectivity index (χ0v) is 18.0. The molecule has 164 valence electrons. The summed E-state index contributed by atoms with van der Waals surface area (Å²) in [5.41, 5.74) is -0.222. The van der Waals surface area contributed by atoms with E-state index in [-0.39, 0.29) is 5.91 Å². The predicted octanol–water partition coefficient (Wildman–Crippen LogP) is 3.53. The first-order chi connectivity index (χ1) is 15.1. The number of carbonyl (C=O) groups excluding carboxylic acids is 1. The number of carbonyl (C=O) groups is 1. The maximum Gasteiger partial charge on any atom is 0.270 e. The Balaban J connectivity index is 1.44. The van der Waals surface area contributed by atoms with Gasteiger partial charge in [0.05, 0.1) is 0 Å². The highest BCUT2D eigenvalue weighted by Crippen LogP contribution is 2.35. The molecule has 3 aromatic heterocycles. The van der Waals surface area contributed by atoms with Crippen molar-refractivity contribution in [3.05, 3.63) is 35.5 Å².